The number of halogens is 1. The van der Waals surface area contributed by atoms with E-state index in [-0.39, 0.29) is 28.9 Å². The first-order valence-corrected chi connectivity index (χ1v) is 11.8. The molecule has 9 heteroatoms. The largest absolute Gasteiger partial charge is 0.354 e. The third kappa shape index (κ3) is 7.74. The number of nitrogens with one attached hydrogen (secondary N) is 2. The number of rotatable bonds is 6. The minimum Gasteiger partial charge on any atom is -0.354 e. The molecule has 2 atom stereocenters. The third-order valence-corrected chi connectivity index (χ3v) is 6.45. The lowest BCUT2D eigenvalue weighted by Gasteiger charge is -2.38. The first kappa shape index (κ1) is 25.6. The lowest BCUT2D eigenvalue weighted by molar-refractivity contribution is 0.134. The van der Waals surface area contributed by atoms with Gasteiger partial charge in [0, 0.05) is 38.8 Å². The summed E-state index contributed by atoms with van der Waals surface area (Å²) in [6.45, 7) is 4.85. The summed E-state index contributed by atoms with van der Waals surface area (Å²) in [6.07, 6.45) is 2.11. The number of nitrogens with zero attached hydrogens (tertiary/aromatic N) is 2. The molecule has 0 amide bonds. The van der Waals surface area contributed by atoms with Crippen molar-refractivity contribution in [1.82, 2.24) is 15.5 Å². The van der Waals surface area contributed by atoms with E-state index in [0.29, 0.717) is 18.6 Å². The Bertz CT molecular complexity index is 952. The van der Waals surface area contributed by atoms with Gasteiger partial charge in [-0.25, -0.2) is 13.6 Å². The summed E-state index contributed by atoms with van der Waals surface area (Å²) < 4.78 is 22.7. The van der Waals surface area contributed by atoms with Gasteiger partial charge in [0.15, 0.2) is 5.96 Å². The van der Waals surface area contributed by atoms with Gasteiger partial charge in [0.25, 0.3) is 0 Å². The predicted molar refractivity (Wildman–Crippen MR) is 136 cm³/mol. The quantitative estimate of drug-likeness (QED) is 0.288. The Kier molecular flexibility index (Phi) is 9.73. The summed E-state index contributed by atoms with van der Waals surface area (Å²) in [5, 5.41) is 12.0. The number of primary sulfonamides is 1. The van der Waals surface area contributed by atoms with Crippen molar-refractivity contribution in [3.63, 3.8) is 0 Å². The van der Waals surface area contributed by atoms with Gasteiger partial charge >= 0.3 is 0 Å². The molecule has 7 nitrogen and oxygen atoms in total. The van der Waals surface area contributed by atoms with Crippen LogP contribution in [-0.2, 0) is 23.1 Å². The fourth-order valence-electron chi connectivity index (χ4n) is 3.78. The van der Waals surface area contributed by atoms with Crippen LogP contribution >= 0.6 is 24.0 Å². The summed E-state index contributed by atoms with van der Waals surface area (Å²) in [7, 11) is -1.91. The van der Waals surface area contributed by atoms with Crippen molar-refractivity contribution in [2.24, 2.45) is 10.1 Å². The predicted octanol–water partition coefficient (Wildman–Crippen LogP) is 2.67. The first-order valence-electron chi connectivity index (χ1n) is 10.2. The zero-order valence-electron chi connectivity index (χ0n) is 18.0. The van der Waals surface area contributed by atoms with Gasteiger partial charge in [0.05, 0.1) is 4.90 Å². The normalized spacial score (nSPS) is 20.0. The van der Waals surface area contributed by atoms with Crippen molar-refractivity contribution >= 4 is 40.0 Å². The van der Waals surface area contributed by atoms with Crippen LogP contribution in [0.3, 0.4) is 0 Å². The molecule has 4 N–H and O–H groups in total. The van der Waals surface area contributed by atoms with E-state index in [4.69, 9.17) is 5.14 Å². The monoisotopic (exact) mass is 557 g/mol. The van der Waals surface area contributed by atoms with Crippen LogP contribution in [0, 0.1) is 0 Å². The molecule has 1 aliphatic heterocycles. The van der Waals surface area contributed by atoms with Crippen LogP contribution in [0.4, 0.5) is 0 Å². The standard InChI is InChI=1S/C22H31N5O2S.HI/c1-17-14-20(12-13-27(17)16-19-6-4-3-5-7-19)26-22(24-2)25-15-18-8-10-21(11-9-18)30(23,28)29;/h3-11,17,20H,12-16H2,1-2H3,(H2,23,28,29)(H2,24,25,26);1H. The highest BCUT2D eigenvalue weighted by atomic mass is 127. The Morgan fingerprint density at radius 2 is 1.81 bits per heavy atom. The highest BCUT2D eigenvalue weighted by Crippen LogP contribution is 2.20. The van der Waals surface area contributed by atoms with Gasteiger partial charge in [-0.15, -0.1) is 24.0 Å². The number of benzene rings is 2. The Labute approximate surface area is 202 Å². The van der Waals surface area contributed by atoms with Crippen molar-refractivity contribution in [3.8, 4) is 0 Å². The van der Waals surface area contributed by atoms with Gasteiger partial charge in [-0.3, -0.25) is 9.89 Å². The molecule has 0 radical (unpaired) electrons. The fourth-order valence-corrected chi connectivity index (χ4v) is 4.29. The van der Waals surface area contributed by atoms with E-state index in [0.717, 1.165) is 37.5 Å². The Hall–Kier alpha value is -1.69. The number of likely N-dealkylation sites (tertiary alicyclic amines) is 1. The van der Waals surface area contributed by atoms with Crippen molar-refractivity contribution in [2.75, 3.05) is 13.6 Å². The molecule has 2 unspecified atom stereocenters. The second kappa shape index (κ2) is 11.8. The van der Waals surface area contributed by atoms with E-state index in [1.165, 1.54) is 17.7 Å². The summed E-state index contributed by atoms with van der Waals surface area (Å²) in [5.74, 6) is 0.749. The van der Waals surface area contributed by atoms with Crippen LogP contribution in [0.15, 0.2) is 64.5 Å². The van der Waals surface area contributed by atoms with Crippen LogP contribution < -0.4 is 15.8 Å². The Morgan fingerprint density at radius 1 is 1.13 bits per heavy atom. The van der Waals surface area contributed by atoms with Gasteiger partial charge in [0.2, 0.25) is 10.0 Å². The van der Waals surface area contributed by atoms with E-state index in [9.17, 15) is 8.42 Å². The minimum absolute atomic E-state index is 0. The smallest absolute Gasteiger partial charge is 0.238 e. The van der Waals surface area contributed by atoms with Crippen LogP contribution in [0.5, 0.6) is 0 Å². The lowest BCUT2D eigenvalue weighted by Crippen LogP contribution is -2.51. The average molecular weight is 558 g/mol. The number of piperidine rings is 1. The second-order valence-electron chi connectivity index (χ2n) is 7.79. The SMILES string of the molecule is CN=C(NCc1ccc(S(N)(=O)=O)cc1)NC1CCN(Cc2ccccc2)C(C)C1.I. The van der Waals surface area contributed by atoms with E-state index < -0.39 is 10.0 Å². The van der Waals surface area contributed by atoms with Crippen molar-refractivity contribution < 1.29 is 8.42 Å². The topological polar surface area (TPSA) is 99.8 Å². The summed E-state index contributed by atoms with van der Waals surface area (Å²) in [4.78, 5) is 6.97. The number of nitrogens with two attached hydrogens (primary N) is 1. The summed E-state index contributed by atoms with van der Waals surface area (Å²) in [5.41, 5.74) is 2.30. The average Bonchev–Trinajstić information content (AvgIpc) is 2.73. The number of guanidine groups is 1. The zero-order valence-corrected chi connectivity index (χ0v) is 21.1. The van der Waals surface area contributed by atoms with Crippen molar-refractivity contribution in [3.05, 3.63) is 65.7 Å². The highest BCUT2D eigenvalue weighted by molar-refractivity contribution is 14.0. The lowest BCUT2D eigenvalue weighted by atomic mass is 9.97. The minimum atomic E-state index is -3.67. The molecule has 0 aliphatic carbocycles. The molecule has 0 spiro atoms. The third-order valence-electron chi connectivity index (χ3n) is 5.52. The van der Waals surface area contributed by atoms with Gasteiger partial charge in [-0.1, -0.05) is 42.5 Å². The number of hydrogen-bond donors (Lipinski definition) is 3. The van der Waals surface area contributed by atoms with Crippen molar-refractivity contribution in [1.29, 1.82) is 0 Å². The molecule has 170 valence electrons. The summed E-state index contributed by atoms with van der Waals surface area (Å²) in [6, 6.07) is 18.0. The van der Waals surface area contributed by atoms with Crippen LogP contribution in [0.25, 0.3) is 0 Å². The Balaban J connectivity index is 0.00000341. The molecule has 1 fully saturated rings. The number of hydrogen-bond acceptors (Lipinski definition) is 4. The zero-order chi connectivity index (χ0) is 21.6. The number of aliphatic imine (C=N–C) groups is 1. The van der Waals surface area contributed by atoms with E-state index in [2.05, 4.69) is 57.8 Å². The first-order chi connectivity index (χ1) is 14.3. The van der Waals surface area contributed by atoms with E-state index in [1.54, 1.807) is 19.2 Å². The highest BCUT2D eigenvalue weighted by Gasteiger charge is 2.25. The van der Waals surface area contributed by atoms with E-state index in [1.807, 2.05) is 0 Å². The fraction of sp³-hybridized carbons (Fsp3) is 0.409. The molecule has 1 saturated heterocycles. The van der Waals surface area contributed by atoms with Crippen LogP contribution in [0.2, 0.25) is 0 Å². The molecule has 0 saturated carbocycles. The van der Waals surface area contributed by atoms with Gasteiger partial charge in [0.1, 0.15) is 0 Å². The Morgan fingerprint density at radius 3 is 2.39 bits per heavy atom. The number of sulfonamides is 1. The van der Waals surface area contributed by atoms with Gasteiger partial charge < -0.3 is 10.6 Å². The molecule has 1 heterocycles. The molecule has 2 aromatic carbocycles. The molecule has 1 aliphatic rings. The van der Waals surface area contributed by atoms with Crippen LogP contribution in [-0.4, -0.2) is 45.0 Å². The molecular formula is C22H32IN5O2S. The molecular weight excluding hydrogens is 525 g/mol. The van der Waals surface area contributed by atoms with Gasteiger partial charge in [-0.05, 0) is 43.0 Å². The molecule has 3 rings (SSSR count). The maximum atomic E-state index is 11.4. The molecule has 31 heavy (non-hydrogen) atoms. The summed E-state index contributed by atoms with van der Waals surface area (Å²) >= 11 is 0. The molecule has 2 aromatic rings. The molecule has 0 bridgehead atoms. The van der Waals surface area contributed by atoms with E-state index >= 15 is 0 Å². The molecule has 0 aromatic heterocycles. The van der Waals surface area contributed by atoms with Crippen molar-refractivity contribution in [2.45, 2.75) is 49.8 Å². The maximum Gasteiger partial charge on any atom is 0.238 e. The maximum absolute atomic E-state index is 11.4. The second-order valence-corrected chi connectivity index (χ2v) is 9.35. The van der Waals surface area contributed by atoms with Crippen LogP contribution in [0.1, 0.15) is 30.9 Å². The van der Waals surface area contributed by atoms with Gasteiger partial charge in [-0.2, -0.15) is 0 Å².